The fraction of sp³-hybridized carbons (Fsp3) is 0.739. The molecule has 3 amide bonds. The summed E-state index contributed by atoms with van der Waals surface area (Å²) in [6, 6.07) is -0.438. The summed E-state index contributed by atoms with van der Waals surface area (Å²) in [5.41, 5.74) is 0.985. The molecule has 3 aliphatic rings. The van der Waals surface area contributed by atoms with Crippen molar-refractivity contribution in [2.45, 2.75) is 51.7 Å². The van der Waals surface area contributed by atoms with E-state index in [1.807, 2.05) is 25.7 Å². The zero-order valence-corrected chi connectivity index (χ0v) is 19.2. The van der Waals surface area contributed by atoms with Crippen LogP contribution in [0.4, 0.5) is 9.59 Å². The number of rotatable bonds is 4. The number of hydrogen-bond donors (Lipinski definition) is 1. The van der Waals surface area contributed by atoms with E-state index in [-0.39, 0.29) is 24.0 Å². The zero-order valence-electron chi connectivity index (χ0n) is 19.2. The van der Waals surface area contributed by atoms with Gasteiger partial charge in [-0.15, -0.1) is 0 Å². The van der Waals surface area contributed by atoms with Gasteiger partial charge in [0.2, 0.25) is 0 Å². The molecule has 1 N–H and O–H groups in total. The number of urea groups is 1. The standard InChI is InChI=1S/C23H37N3O5/c1-17(14-24-20(27)25-9-6-23(16-25)7-11-29-12-8-23)18(2)19-15-30-13-10-26(19)21(28)31-22(3,4)5/h19H,1-2,6-16H2,3-5H3,(H,24,27)/t19-/m0/s1. The summed E-state index contributed by atoms with van der Waals surface area (Å²) in [4.78, 5) is 28.9. The Hall–Kier alpha value is -2.06. The monoisotopic (exact) mass is 435 g/mol. The number of carbonyl (C=O) groups is 2. The molecule has 0 aromatic carbocycles. The molecule has 3 saturated heterocycles. The molecular weight excluding hydrogens is 398 g/mol. The summed E-state index contributed by atoms with van der Waals surface area (Å²) in [6.45, 7) is 18.4. The maximum atomic E-state index is 12.7. The SMILES string of the molecule is C=C(CNC(=O)N1CCC2(CCOCC2)C1)C(=C)[C@@H]1COCCN1C(=O)OC(C)(C)C. The lowest BCUT2D eigenvalue weighted by atomic mass is 9.80. The number of ether oxygens (including phenoxy) is 3. The van der Waals surface area contributed by atoms with Gasteiger partial charge in [-0.2, -0.15) is 0 Å². The van der Waals surface area contributed by atoms with Crippen LogP contribution in [0.1, 0.15) is 40.0 Å². The van der Waals surface area contributed by atoms with Crippen molar-refractivity contribution in [1.29, 1.82) is 0 Å². The minimum atomic E-state index is -0.580. The Morgan fingerprint density at radius 2 is 1.81 bits per heavy atom. The molecular formula is C23H37N3O5. The molecule has 3 aliphatic heterocycles. The van der Waals surface area contributed by atoms with E-state index >= 15 is 0 Å². The molecule has 3 rings (SSSR count). The van der Waals surface area contributed by atoms with E-state index in [1.165, 1.54) is 0 Å². The van der Waals surface area contributed by atoms with E-state index in [0.717, 1.165) is 45.6 Å². The molecule has 31 heavy (non-hydrogen) atoms. The molecule has 1 atom stereocenters. The lowest BCUT2D eigenvalue weighted by Crippen LogP contribution is -2.51. The van der Waals surface area contributed by atoms with Gasteiger partial charge >= 0.3 is 12.1 Å². The van der Waals surface area contributed by atoms with Crippen LogP contribution in [0, 0.1) is 5.41 Å². The second-order valence-electron chi connectivity index (χ2n) is 9.84. The highest BCUT2D eigenvalue weighted by atomic mass is 16.6. The maximum Gasteiger partial charge on any atom is 0.410 e. The first-order chi connectivity index (χ1) is 14.6. The van der Waals surface area contributed by atoms with Crippen molar-refractivity contribution in [3.05, 3.63) is 24.3 Å². The van der Waals surface area contributed by atoms with Crippen LogP contribution in [-0.2, 0) is 14.2 Å². The quantitative estimate of drug-likeness (QED) is 0.687. The Labute approximate surface area is 185 Å². The molecule has 0 radical (unpaired) electrons. The van der Waals surface area contributed by atoms with Crippen LogP contribution in [-0.4, -0.2) is 86.2 Å². The van der Waals surface area contributed by atoms with Crippen LogP contribution in [0.3, 0.4) is 0 Å². The van der Waals surface area contributed by atoms with Crippen molar-refractivity contribution in [2.75, 3.05) is 52.6 Å². The average molecular weight is 436 g/mol. The molecule has 0 unspecified atom stereocenters. The van der Waals surface area contributed by atoms with Crippen LogP contribution in [0.2, 0.25) is 0 Å². The molecule has 3 heterocycles. The van der Waals surface area contributed by atoms with E-state index in [1.54, 1.807) is 4.90 Å². The van der Waals surface area contributed by atoms with Gasteiger partial charge in [0.05, 0.1) is 19.3 Å². The number of amides is 3. The summed E-state index contributed by atoms with van der Waals surface area (Å²) in [5, 5.41) is 2.97. The molecule has 0 aromatic rings. The molecule has 0 saturated carbocycles. The van der Waals surface area contributed by atoms with Crippen LogP contribution < -0.4 is 5.32 Å². The van der Waals surface area contributed by atoms with Crippen molar-refractivity contribution in [3.8, 4) is 0 Å². The minimum Gasteiger partial charge on any atom is -0.444 e. The average Bonchev–Trinajstić information content (AvgIpc) is 3.13. The minimum absolute atomic E-state index is 0.0822. The van der Waals surface area contributed by atoms with Gasteiger partial charge in [-0.05, 0) is 56.6 Å². The number of carbonyl (C=O) groups excluding carboxylic acids is 2. The van der Waals surface area contributed by atoms with Gasteiger partial charge in [0.15, 0.2) is 0 Å². The zero-order chi connectivity index (χ0) is 22.6. The van der Waals surface area contributed by atoms with E-state index in [9.17, 15) is 9.59 Å². The third kappa shape index (κ3) is 6.01. The highest BCUT2D eigenvalue weighted by Crippen LogP contribution is 2.39. The fourth-order valence-electron chi connectivity index (χ4n) is 4.40. The van der Waals surface area contributed by atoms with Gasteiger partial charge in [0.25, 0.3) is 0 Å². The summed E-state index contributed by atoms with van der Waals surface area (Å²) in [5.74, 6) is 0. The predicted molar refractivity (Wildman–Crippen MR) is 118 cm³/mol. The van der Waals surface area contributed by atoms with E-state index in [4.69, 9.17) is 14.2 Å². The highest BCUT2D eigenvalue weighted by molar-refractivity contribution is 5.75. The first-order valence-corrected chi connectivity index (χ1v) is 11.2. The maximum absolute atomic E-state index is 12.7. The molecule has 1 spiro atoms. The van der Waals surface area contributed by atoms with Crippen molar-refractivity contribution >= 4 is 12.1 Å². The summed E-state index contributed by atoms with van der Waals surface area (Å²) >= 11 is 0. The normalized spacial score (nSPS) is 23.5. The molecule has 0 aliphatic carbocycles. The van der Waals surface area contributed by atoms with Crippen molar-refractivity contribution in [1.82, 2.24) is 15.1 Å². The Kier molecular flexibility index (Phi) is 7.31. The number of nitrogens with one attached hydrogen (secondary N) is 1. The van der Waals surface area contributed by atoms with Crippen LogP contribution in [0.15, 0.2) is 24.3 Å². The topological polar surface area (TPSA) is 80.3 Å². The molecule has 0 aromatic heterocycles. The van der Waals surface area contributed by atoms with Gasteiger partial charge in [0.1, 0.15) is 5.60 Å². The smallest absolute Gasteiger partial charge is 0.410 e. The third-order valence-corrected chi connectivity index (χ3v) is 6.34. The van der Waals surface area contributed by atoms with Crippen molar-refractivity contribution < 1.29 is 23.8 Å². The largest absolute Gasteiger partial charge is 0.444 e. The van der Waals surface area contributed by atoms with Gasteiger partial charge in [-0.25, -0.2) is 9.59 Å². The Morgan fingerprint density at radius 1 is 1.10 bits per heavy atom. The predicted octanol–water partition coefficient (Wildman–Crippen LogP) is 2.95. The van der Waals surface area contributed by atoms with E-state index < -0.39 is 11.7 Å². The van der Waals surface area contributed by atoms with Crippen LogP contribution in [0.5, 0.6) is 0 Å². The number of likely N-dealkylation sites (tertiary alicyclic amines) is 1. The number of hydrogen-bond acceptors (Lipinski definition) is 5. The molecule has 174 valence electrons. The Bertz CT molecular complexity index is 708. The second kappa shape index (κ2) is 9.61. The Morgan fingerprint density at radius 3 is 2.48 bits per heavy atom. The molecule has 3 fully saturated rings. The first kappa shape index (κ1) is 23.6. The van der Waals surface area contributed by atoms with E-state index in [2.05, 4.69) is 18.5 Å². The Balaban J connectivity index is 1.51. The first-order valence-electron chi connectivity index (χ1n) is 11.2. The van der Waals surface area contributed by atoms with Crippen molar-refractivity contribution in [3.63, 3.8) is 0 Å². The molecule has 8 nitrogen and oxygen atoms in total. The number of morpholine rings is 1. The summed E-state index contributed by atoms with van der Waals surface area (Å²) < 4.78 is 16.6. The van der Waals surface area contributed by atoms with E-state index in [0.29, 0.717) is 30.9 Å². The molecule has 8 heteroatoms. The van der Waals surface area contributed by atoms with Gasteiger partial charge in [0, 0.05) is 39.4 Å². The van der Waals surface area contributed by atoms with Crippen LogP contribution >= 0.6 is 0 Å². The van der Waals surface area contributed by atoms with Crippen LogP contribution in [0.25, 0.3) is 0 Å². The lowest BCUT2D eigenvalue weighted by molar-refractivity contribution is -0.0236. The van der Waals surface area contributed by atoms with Gasteiger partial charge in [-0.3, -0.25) is 4.90 Å². The number of nitrogens with zero attached hydrogens (tertiary/aromatic N) is 2. The van der Waals surface area contributed by atoms with Gasteiger partial charge < -0.3 is 24.4 Å². The van der Waals surface area contributed by atoms with Gasteiger partial charge in [-0.1, -0.05) is 13.2 Å². The molecule has 0 bridgehead atoms. The third-order valence-electron chi connectivity index (χ3n) is 6.34. The fourth-order valence-corrected chi connectivity index (χ4v) is 4.40. The lowest BCUT2D eigenvalue weighted by Gasteiger charge is -2.38. The second-order valence-corrected chi connectivity index (χ2v) is 9.84. The van der Waals surface area contributed by atoms with Crippen molar-refractivity contribution in [2.24, 2.45) is 5.41 Å². The highest BCUT2D eigenvalue weighted by Gasteiger charge is 2.41. The summed E-state index contributed by atoms with van der Waals surface area (Å²) in [7, 11) is 0. The summed E-state index contributed by atoms with van der Waals surface area (Å²) in [6.07, 6.45) is 2.67.